The first-order valence-corrected chi connectivity index (χ1v) is 17.4. The zero-order chi connectivity index (χ0) is 31.5. The van der Waals surface area contributed by atoms with Crippen LogP contribution in [0.15, 0.2) is 42.0 Å². The van der Waals surface area contributed by atoms with Gasteiger partial charge >= 0.3 is 5.97 Å². The molecule has 0 spiro atoms. The molecule has 9 unspecified atom stereocenters. The molecule has 0 bridgehead atoms. The Morgan fingerprint density at radius 3 is 2.32 bits per heavy atom. The highest BCUT2D eigenvalue weighted by Gasteiger charge is 2.68. The van der Waals surface area contributed by atoms with E-state index >= 15 is 0 Å². The molecule has 0 radical (unpaired) electrons. The third kappa shape index (κ3) is 4.94. The highest BCUT2D eigenvalue weighted by molar-refractivity contribution is 5.74. The molecule has 5 aliphatic rings. The predicted molar refractivity (Wildman–Crippen MR) is 174 cm³/mol. The lowest BCUT2D eigenvalue weighted by molar-refractivity contribution is -0.213. The minimum Gasteiger partial charge on any atom is -0.469 e. The van der Waals surface area contributed by atoms with Crippen LogP contribution in [0.4, 0.5) is 0 Å². The van der Waals surface area contributed by atoms with Crippen LogP contribution in [0, 0.1) is 50.7 Å². The van der Waals surface area contributed by atoms with E-state index in [1.807, 2.05) is 0 Å². The molecule has 0 saturated heterocycles. The van der Waals surface area contributed by atoms with E-state index in [0.29, 0.717) is 18.4 Å². The van der Waals surface area contributed by atoms with Crippen LogP contribution in [-0.2, 0) is 30.3 Å². The second-order valence-corrected chi connectivity index (χ2v) is 17.0. The summed E-state index contributed by atoms with van der Waals surface area (Å²) in [6, 6.07) is 10.7. The van der Waals surface area contributed by atoms with E-state index in [-0.39, 0.29) is 63.9 Å². The largest absolute Gasteiger partial charge is 0.469 e. The van der Waals surface area contributed by atoms with Gasteiger partial charge in [-0.2, -0.15) is 0 Å². The van der Waals surface area contributed by atoms with Gasteiger partial charge in [-0.3, -0.25) is 4.79 Å². The maximum absolute atomic E-state index is 13.3. The Bertz CT molecular complexity index is 1240. The minimum absolute atomic E-state index is 0.0672. The first kappa shape index (κ1) is 32.3. The van der Waals surface area contributed by atoms with Gasteiger partial charge in [0.2, 0.25) is 0 Å². The normalized spacial score (nSPS) is 44.3. The molecule has 0 amide bonds. The van der Waals surface area contributed by atoms with Crippen LogP contribution in [0.1, 0.15) is 105 Å². The monoisotopic (exact) mass is 606 g/mol. The highest BCUT2D eigenvalue weighted by Crippen LogP contribution is 2.75. The van der Waals surface area contributed by atoms with Crippen LogP contribution in [0.5, 0.6) is 0 Å². The molecule has 1 aromatic carbocycles. The van der Waals surface area contributed by atoms with Gasteiger partial charge in [-0.15, -0.1) is 0 Å². The highest BCUT2D eigenvalue weighted by atomic mass is 16.7. The molecule has 5 aliphatic carbocycles. The number of carbonyl (C=O) groups excluding carboxylic acids is 1. The van der Waals surface area contributed by atoms with Gasteiger partial charge in [-0.25, -0.2) is 0 Å². The molecule has 5 heteroatoms. The second kappa shape index (κ2) is 11.5. The topological polar surface area (TPSA) is 54.0 Å². The fraction of sp³-hybridized carbons (Fsp3) is 0.769. The van der Waals surface area contributed by atoms with Crippen LogP contribution in [0.25, 0.3) is 0 Å². The molecule has 244 valence electrons. The Balaban J connectivity index is 1.32. The molecule has 10 atom stereocenters. The van der Waals surface area contributed by atoms with E-state index in [1.54, 1.807) is 12.7 Å². The van der Waals surface area contributed by atoms with E-state index in [0.717, 1.165) is 38.5 Å². The van der Waals surface area contributed by atoms with Crippen LogP contribution in [0.2, 0.25) is 0 Å². The number of hydrogen-bond acceptors (Lipinski definition) is 5. The third-order valence-electron chi connectivity index (χ3n) is 14.4. The van der Waals surface area contributed by atoms with E-state index in [9.17, 15) is 4.79 Å². The van der Waals surface area contributed by atoms with Crippen LogP contribution in [-0.4, -0.2) is 39.2 Å². The zero-order valence-corrected chi connectivity index (χ0v) is 28.7. The lowest BCUT2D eigenvalue weighted by Gasteiger charge is -2.70. The fourth-order valence-electron chi connectivity index (χ4n) is 11.7. The van der Waals surface area contributed by atoms with Gasteiger partial charge in [-0.1, -0.05) is 83.5 Å². The molecular formula is C39H58O5. The Morgan fingerprint density at radius 1 is 0.864 bits per heavy atom. The van der Waals surface area contributed by atoms with Crippen molar-refractivity contribution in [3.8, 4) is 0 Å². The molecule has 0 N–H and O–H groups in total. The molecule has 0 aromatic heterocycles. The summed E-state index contributed by atoms with van der Waals surface area (Å²) in [7, 11) is 3.19. The zero-order valence-electron chi connectivity index (χ0n) is 28.7. The number of benzene rings is 1. The summed E-state index contributed by atoms with van der Waals surface area (Å²) in [4.78, 5) is 13.3. The van der Waals surface area contributed by atoms with Gasteiger partial charge in [0.1, 0.15) is 6.79 Å². The molecule has 1 aromatic rings. The SMILES string of the molecule is COCOC1CCC2(C)C(CCC3(C)C2CC=C2C4CC(C)(C)CC(OCc5ccccc5)C4(C)CC[C@]23C)C1C(=O)OC. The van der Waals surface area contributed by atoms with Crippen molar-refractivity contribution in [2.45, 2.75) is 118 Å². The number of esters is 1. The van der Waals surface area contributed by atoms with Gasteiger partial charge < -0.3 is 18.9 Å². The van der Waals surface area contributed by atoms with Crippen molar-refractivity contribution >= 4 is 5.97 Å². The van der Waals surface area contributed by atoms with Crippen molar-refractivity contribution in [3.05, 3.63) is 47.5 Å². The number of methoxy groups -OCH3 is 2. The van der Waals surface area contributed by atoms with Crippen LogP contribution < -0.4 is 0 Å². The summed E-state index contributed by atoms with van der Waals surface area (Å²) in [5.41, 5.74) is 3.78. The number of rotatable bonds is 7. The Kier molecular flexibility index (Phi) is 8.45. The molecule has 0 aliphatic heterocycles. The van der Waals surface area contributed by atoms with Gasteiger partial charge in [0.05, 0.1) is 31.8 Å². The maximum atomic E-state index is 13.3. The minimum atomic E-state index is -0.229. The summed E-state index contributed by atoms with van der Waals surface area (Å²) < 4.78 is 23.7. The first-order chi connectivity index (χ1) is 20.8. The van der Waals surface area contributed by atoms with Crippen LogP contribution >= 0.6 is 0 Å². The number of fused-ring (bicyclic) bond motifs is 7. The molecular weight excluding hydrogens is 548 g/mol. The summed E-state index contributed by atoms with van der Waals surface area (Å²) in [5, 5.41) is 0. The molecule has 44 heavy (non-hydrogen) atoms. The van der Waals surface area contributed by atoms with E-state index in [2.05, 4.69) is 78.0 Å². The third-order valence-corrected chi connectivity index (χ3v) is 14.4. The van der Waals surface area contributed by atoms with Crippen molar-refractivity contribution in [3.63, 3.8) is 0 Å². The molecule has 5 nitrogen and oxygen atoms in total. The lowest BCUT2D eigenvalue weighted by Crippen LogP contribution is -2.65. The summed E-state index contributed by atoms with van der Waals surface area (Å²) in [5.74, 6) is 0.996. The quantitative estimate of drug-likeness (QED) is 0.176. The fourth-order valence-corrected chi connectivity index (χ4v) is 11.7. The van der Waals surface area contributed by atoms with E-state index in [1.165, 1.54) is 31.9 Å². The summed E-state index contributed by atoms with van der Waals surface area (Å²) in [6.45, 7) is 16.2. The van der Waals surface area contributed by atoms with Crippen LogP contribution in [0.3, 0.4) is 0 Å². The lowest BCUT2D eigenvalue weighted by atomic mass is 9.34. The van der Waals surface area contributed by atoms with Crippen molar-refractivity contribution in [1.29, 1.82) is 0 Å². The van der Waals surface area contributed by atoms with Gasteiger partial charge in [0, 0.05) is 12.5 Å². The van der Waals surface area contributed by atoms with E-state index in [4.69, 9.17) is 18.9 Å². The van der Waals surface area contributed by atoms with E-state index < -0.39 is 0 Å². The molecule has 4 fully saturated rings. The van der Waals surface area contributed by atoms with Crippen molar-refractivity contribution in [1.82, 2.24) is 0 Å². The molecule has 0 heterocycles. The smallest absolute Gasteiger partial charge is 0.311 e. The standard InChI is InChI=1S/C39H58O5/c1-35(2)22-29-27-14-15-31-36(3)18-17-30(44-25-41-7)33(34(40)42-8)28(36)16-19-39(31,6)38(27,5)21-20-37(29,4)32(23-35)43-24-26-12-10-9-11-13-26/h9-14,28-33H,15-25H2,1-8H3/t28?,29?,30?,31?,32?,33?,36?,37?,38-,39?/m1/s1. The Morgan fingerprint density at radius 2 is 1.61 bits per heavy atom. The van der Waals surface area contributed by atoms with Gasteiger partial charge in [0.25, 0.3) is 0 Å². The molecule has 6 rings (SSSR count). The summed E-state index contributed by atoms with van der Waals surface area (Å²) in [6.07, 6.45) is 12.9. The predicted octanol–water partition coefficient (Wildman–Crippen LogP) is 8.76. The number of allylic oxidation sites excluding steroid dienone is 2. The second-order valence-electron chi connectivity index (χ2n) is 17.0. The first-order valence-electron chi connectivity index (χ1n) is 17.4. The average molecular weight is 607 g/mol. The van der Waals surface area contributed by atoms with Gasteiger partial charge in [-0.05, 0) is 103 Å². The Labute approximate surface area is 266 Å². The molecule has 4 saturated carbocycles. The number of carbonyl (C=O) groups is 1. The van der Waals surface area contributed by atoms with Crippen molar-refractivity contribution in [2.75, 3.05) is 21.0 Å². The van der Waals surface area contributed by atoms with Crippen molar-refractivity contribution in [2.24, 2.45) is 50.7 Å². The number of ether oxygens (including phenoxy) is 4. The van der Waals surface area contributed by atoms with Gasteiger partial charge in [0.15, 0.2) is 0 Å². The summed E-state index contributed by atoms with van der Waals surface area (Å²) >= 11 is 0. The average Bonchev–Trinajstić information content (AvgIpc) is 2.99. The van der Waals surface area contributed by atoms with Crippen molar-refractivity contribution < 1.29 is 23.7 Å². The number of hydrogen-bond donors (Lipinski definition) is 0. The Hall–Kier alpha value is -1.69. The maximum Gasteiger partial charge on any atom is 0.311 e.